The number of rotatable bonds is 3. The minimum absolute atomic E-state index is 0.922. The predicted molar refractivity (Wildman–Crippen MR) is 77.2 cm³/mol. The molecule has 4 nitrogen and oxygen atoms in total. The fourth-order valence-corrected chi connectivity index (χ4v) is 1.98. The largest absolute Gasteiger partial charge is 0.387 e. The van der Waals surface area contributed by atoms with Crippen molar-refractivity contribution in [2.24, 2.45) is 7.05 Å². The van der Waals surface area contributed by atoms with Crippen molar-refractivity contribution in [2.45, 2.75) is 20.8 Å². The summed E-state index contributed by atoms with van der Waals surface area (Å²) in [6.45, 7) is 10.1. The van der Waals surface area contributed by atoms with Crippen molar-refractivity contribution in [1.82, 2.24) is 20.1 Å². The van der Waals surface area contributed by atoms with Gasteiger partial charge in [0.25, 0.3) is 0 Å². The van der Waals surface area contributed by atoms with Gasteiger partial charge in [0.05, 0.1) is 17.1 Å². The number of hydrogen-bond acceptors (Lipinski definition) is 2. The van der Waals surface area contributed by atoms with E-state index in [-0.39, 0.29) is 0 Å². The van der Waals surface area contributed by atoms with Crippen molar-refractivity contribution < 1.29 is 0 Å². The molecule has 0 aliphatic rings. The molecule has 0 unspecified atom stereocenters. The quantitative estimate of drug-likeness (QED) is 0.874. The van der Waals surface area contributed by atoms with Crippen molar-refractivity contribution in [3.05, 3.63) is 36.3 Å². The Morgan fingerprint density at radius 1 is 1.44 bits per heavy atom. The van der Waals surface area contributed by atoms with Gasteiger partial charge in [-0.05, 0) is 18.6 Å². The Morgan fingerprint density at radius 2 is 2.11 bits per heavy atom. The fraction of sp³-hybridized carbons (Fsp3) is 0.357. The van der Waals surface area contributed by atoms with E-state index >= 15 is 0 Å². The van der Waals surface area contributed by atoms with Gasteiger partial charge in [-0.2, -0.15) is 5.10 Å². The van der Waals surface area contributed by atoms with Crippen LogP contribution < -0.4 is 5.32 Å². The second-order valence-corrected chi connectivity index (χ2v) is 3.83. The lowest BCUT2D eigenvalue weighted by atomic mass is 10.1. The molecule has 98 valence electrons. The predicted octanol–water partition coefficient (Wildman–Crippen LogP) is 2.94. The summed E-state index contributed by atoms with van der Waals surface area (Å²) in [5.74, 6) is 0. The number of aromatic amines is 1. The zero-order valence-corrected chi connectivity index (χ0v) is 11.8. The highest BCUT2D eigenvalue weighted by atomic mass is 15.1. The number of hydrogen-bond donors (Lipinski definition) is 2. The number of nitrogens with one attached hydrogen (secondary N) is 2. The Bertz CT molecular complexity index is 506. The summed E-state index contributed by atoms with van der Waals surface area (Å²) in [4.78, 5) is 0. The Balaban J connectivity index is 0.000000771. The van der Waals surface area contributed by atoms with E-state index in [0.29, 0.717) is 0 Å². The van der Waals surface area contributed by atoms with Gasteiger partial charge < -0.3 is 9.88 Å². The summed E-state index contributed by atoms with van der Waals surface area (Å²) in [5.41, 5.74) is 5.43. The molecule has 2 N–H and O–H groups in total. The van der Waals surface area contributed by atoms with Crippen LogP contribution in [0.3, 0.4) is 0 Å². The molecule has 0 bridgehead atoms. The van der Waals surface area contributed by atoms with Crippen LogP contribution in [-0.2, 0) is 7.05 Å². The summed E-state index contributed by atoms with van der Waals surface area (Å²) >= 11 is 0. The maximum atomic E-state index is 4.00. The van der Waals surface area contributed by atoms with Crippen LogP contribution in [0.1, 0.15) is 25.1 Å². The first-order valence-corrected chi connectivity index (χ1v) is 6.18. The van der Waals surface area contributed by atoms with E-state index < -0.39 is 0 Å². The van der Waals surface area contributed by atoms with Gasteiger partial charge in [0.15, 0.2) is 0 Å². The molecule has 0 amide bonds. The third-order valence-corrected chi connectivity index (χ3v) is 2.81. The van der Waals surface area contributed by atoms with Gasteiger partial charge in [-0.25, -0.2) is 0 Å². The summed E-state index contributed by atoms with van der Waals surface area (Å²) in [5, 5.41) is 10.0. The third kappa shape index (κ3) is 2.47. The standard InChI is InChI=1S/C12H16N4.C2H6/c1-8-10(11-5-6-14-15-11)7-16(4)12(8)9(2)13-3;1-2/h5-7,13H,2H2,1,3-4H3,(H,14,15);1-2H3. The van der Waals surface area contributed by atoms with Gasteiger partial charge in [-0.15, -0.1) is 0 Å². The molecule has 0 aromatic carbocycles. The monoisotopic (exact) mass is 246 g/mol. The average molecular weight is 246 g/mol. The number of nitrogens with zero attached hydrogens (tertiary/aromatic N) is 2. The van der Waals surface area contributed by atoms with Crippen LogP contribution in [-0.4, -0.2) is 21.8 Å². The van der Waals surface area contributed by atoms with Crippen LogP contribution in [0.15, 0.2) is 25.0 Å². The maximum absolute atomic E-state index is 4.00. The van der Waals surface area contributed by atoms with Gasteiger partial charge in [0.2, 0.25) is 0 Å². The lowest BCUT2D eigenvalue weighted by Crippen LogP contribution is -2.07. The van der Waals surface area contributed by atoms with Gasteiger partial charge in [-0.3, -0.25) is 5.10 Å². The molecule has 0 atom stereocenters. The van der Waals surface area contributed by atoms with Gasteiger partial charge in [0, 0.05) is 32.1 Å². The summed E-state index contributed by atoms with van der Waals surface area (Å²) in [6, 6.07) is 1.97. The molecule has 0 saturated carbocycles. The summed E-state index contributed by atoms with van der Waals surface area (Å²) < 4.78 is 2.07. The van der Waals surface area contributed by atoms with Gasteiger partial charge in [-0.1, -0.05) is 20.4 Å². The molecular weight excluding hydrogens is 224 g/mol. The van der Waals surface area contributed by atoms with Crippen molar-refractivity contribution in [1.29, 1.82) is 0 Å². The number of H-pyrrole nitrogens is 1. The minimum atomic E-state index is 0.922. The molecule has 2 rings (SSSR count). The topological polar surface area (TPSA) is 45.6 Å². The van der Waals surface area contributed by atoms with Crippen molar-refractivity contribution in [3.8, 4) is 11.3 Å². The minimum Gasteiger partial charge on any atom is -0.387 e. The lowest BCUT2D eigenvalue weighted by Gasteiger charge is -2.07. The smallest absolute Gasteiger partial charge is 0.0670 e. The first-order valence-electron chi connectivity index (χ1n) is 6.18. The van der Waals surface area contributed by atoms with Crippen LogP contribution in [0.2, 0.25) is 0 Å². The van der Waals surface area contributed by atoms with Crippen LogP contribution in [0, 0.1) is 6.92 Å². The van der Waals surface area contributed by atoms with E-state index in [1.54, 1.807) is 6.20 Å². The van der Waals surface area contributed by atoms with E-state index in [9.17, 15) is 0 Å². The molecule has 0 radical (unpaired) electrons. The van der Waals surface area contributed by atoms with Crippen molar-refractivity contribution >= 4 is 5.70 Å². The number of aromatic nitrogens is 3. The van der Waals surface area contributed by atoms with E-state index in [2.05, 4.69) is 39.8 Å². The average Bonchev–Trinajstić information content (AvgIpc) is 2.99. The van der Waals surface area contributed by atoms with Crippen LogP contribution >= 0.6 is 0 Å². The zero-order chi connectivity index (χ0) is 13.7. The molecule has 0 aliphatic carbocycles. The first kappa shape index (κ1) is 14.1. The Morgan fingerprint density at radius 3 is 2.61 bits per heavy atom. The van der Waals surface area contributed by atoms with Gasteiger partial charge in [0.1, 0.15) is 0 Å². The Labute approximate surface area is 109 Å². The fourth-order valence-electron chi connectivity index (χ4n) is 1.98. The molecule has 0 spiro atoms. The molecule has 0 fully saturated rings. The SMILES string of the molecule is C=C(NC)c1c(C)c(-c2ccn[nH]2)cn1C.CC. The van der Waals surface area contributed by atoms with Crippen LogP contribution in [0.25, 0.3) is 17.0 Å². The van der Waals surface area contributed by atoms with E-state index in [1.807, 2.05) is 34.0 Å². The summed E-state index contributed by atoms with van der Waals surface area (Å²) in [7, 11) is 3.90. The molecule has 0 aliphatic heterocycles. The van der Waals surface area contributed by atoms with Crippen molar-refractivity contribution in [2.75, 3.05) is 7.05 Å². The second-order valence-electron chi connectivity index (χ2n) is 3.83. The molecule has 18 heavy (non-hydrogen) atoms. The first-order chi connectivity index (χ1) is 8.65. The highest BCUT2D eigenvalue weighted by Crippen LogP contribution is 2.27. The highest BCUT2D eigenvalue weighted by Gasteiger charge is 2.14. The molecule has 0 saturated heterocycles. The molecule has 2 aromatic rings. The third-order valence-electron chi connectivity index (χ3n) is 2.81. The zero-order valence-electron chi connectivity index (χ0n) is 11.8. The lowest BCUT2D eigenvalue weighted by molar-refractivity contribution is 0.889. The second kappa shape index (κ2) is 6.10. The molecular formula is C14H22N4. The van der Waals surface area contributed by atoms with E-state index in [4.69, 9.17) is 0 Å². The Hall–Kier alpha value is -1.97. The van der Waals surface area contributed by atoms with E-state index in [1.165, 1.54) is 5.56 Å². The molecule has 2 heterocycles. The van der Waals surface area contributed by atoms with Crippen molar-refractivity contribution in [3.63, 3.8) is 0 Å². The van der Waals surface area contributed by atoms with Crippen LogP contribution in [0.5, 0.6) is 0 Å². The Kier molecular flexibility index (Phi) is 4.77. The highest BCUT2D eigenvalue weighted by molar-refractivity contribution is 5.73. The van der Waals surface area contributed by atoms with Crippen LogP contribution in [0.4, 0.5) is 0 Å². The molecule has 4 heteroatoms. The van der Waals surface area contributed by atoms with Gasteiger partial charge >= 0.3 is 0 Å². The summed E-state index contributed by atoms with van der Waals surface area (Å²) in [6.07, 6.45) is 3.84. The normalized spacial score (nSPS) is 9.61. The van der Waals surface area contributed by atoms with E-state index in [0.717, 1.165) is 22.6 Å². The number of aryl methyl sites for hydroxylation is 1. The molecule has 2 aromatic heterocycles. The maximum Gasteiger partial charge on any atom is 0.0670 e.